The normalized spacial score (nSPS) is 12.4. The van der Waals surface area contributed by atoms with Gasteiger partial charge in [0.15, 0.2) is 0 Å². The second-order valence-electron chi connectivity index (χ2n) is 7.47. The number of aryl methyl sites for hydroxylation is 3. The van der Waals surface area contributed by atoms with E-state index in [9.17, 15) is 0 Å². The number of hydrogen-bond acceptors (Lipinski definition) is 3. The largest absolute Gasteiger partial charge is 0.493 e. The maximum absolute atomic E-state index is 5.97. The SMILES string of the molecule is Cc1nc(C(C)COc2ccccc2)c2ncn(CCCCCCCl)c2c1C. The summed E-state index contributed by atoms with van der Waals surface area (Å²) < 4.78 is 8.25. The van der Waals surface area contributed by atoms with Crippen LogP contribution >= 0.6 is 11.6 Å². The van der Waals surface area contributed by atoms with Crippen molar-refractivity contribution in [2.75, 3.05) is 12.5 Å². The molecule has 0 radical (unpaired) electrons. The van der Waals surface area contributed by atoms with Crippen LogP contribution in [-0.4, -0.2) is 27.0 Å². The number of alkyl halides is 1. The maximum atomic E-state index is 5.97. The van der Waals surface area contributed by atoms with Crippen LogP contribution in [0.4, 0.5) is 0 Å². The number of rotatable bonds is 10. The molecule has 5 heteroatoms. The monoisotopic (exact) mass is 399 g/mol. The van der Waals surface area contributed by atoms with Gasteiger partial charge in [0.2, 0.25) is 0 Å². The molecule has 2 aromatic heterocycles. The van der Waals surface area contributed by atoms with Gasteiger partial charge in [-0.3, -0.25) is 4.98 Å². The van der Waals surface area contributed by atoms with Crippen molar-refractivity contribution in [1.29, 1.82) is 0 Å². The molecule has 3 rings (SSSR count). The van der Waals surface area contributed by atoms with Crippen LogP contribution in [0.3, 0.4) is 0 Å². The summed E-state index contributed by atoms with van der Waals surface area (Å²) in [5.41, 5.74) is 5.53. The lowest BCUT2D eigenvalue weighted by atomic mass is 10.0. The van der Waals surface area contributed by atoms with E-state index in [-0.39, 0.29) is 5.92 Å². The molecule has 0 saturated heterocycles. The Morgan fingerprint density at radius 3 is 2.57 bits per heavy atom. The van der Waals surface area contributed by atoms with Gasteiger partial charge in [-0.15, -0.1) is 11.6 Å². The molecule has 1 aromatic carbocycles. The predicted octanol–water partition coefficient (Wildman–Crippen LogP) is 6.03. The van der Waals surface area contributed by atoms with Crippen LogP contribution in [0.5, 0.6) is 5.75 Å². The summed E-state index contributed by atoms with van der Waals surface area (Å²) in [6.07, 6.45) is 6.59. The van der Waals surface area contributed by atoms with Gasteiger partial charge in [0.05, 0.1) is 24.1 Å². The van der Waals surface area contributed by atoms with E-state index in [1.165, 1.54) is 23.9 Å². The number of unbranched alkanes of at least 4 members (excludes halogenated alkanes) is 3. The van der Waals surface area contributed by atoms with Crippen LogP contribution in [0.2, 0.25) is 0 Å². The molecule has 0 fully saturated rings. The van der Waals surface area contributed by atoms with Gasteiger partial charge >= 0.3 is 0 Å². The van der Waals surface area contributed by atoms with Crippen LogP contribution < -0.4 is 4.74 Å². The molecule has 0 aliphatic rings. The van der Waals surface area contributed by atoms with Crippen LogP contribution in [0, 0.1) is 13.8 Å². The molecular formula is C23H30ClN3O. The Morgan fingerprint density at radius 1 is 1.07 bits per heavy atom. The Morgan fingerprint density at radius 2 is 1.82 bits per heavy atom. The van der Waals surface area contributed by atoms with E-state index >= 15 is 0 Å². The highest BCUT2D eigenvalue weighted by molar-refractivity contribution is 6.17. The third-order valence-corrected chi connectivity index (χ3v) is 5.53. The minimum absolute atomic E-state index is 0.161. The Balaban J connectivity index is 1.78. The summed E-state index contributed by atoms with van der Waals surface area (Å²) in [4.78, 5) is 9.61. The minimum atomic E-state index is 0.161. The molecule has 0 aliphatic carbocycles. The van der Waals surface area contributed by atoms with Crippen molar-refractivity contribution in [3.8, 4) is 5.75 Å². The Bertz CT molecular complexity index is 892. The molecule has 0 saturated carbocycles. The van der Waals surface area contributed by atoms with Crippen LogP contribution in [0.15, 0.2) is 36.7 Å². The summed E-state index contributed by atoms with van der Waals surface area (Å²) in [6.45, 7) is 7.95. The number of nitrogens with zero attached hydrogens (tertiary/aromatic N) is 3. The second kappa shape index (κ2) is 9.92. The van der Waals surface area contributed by atoms with Gasteiger partial charge in [0.25, 0.3) is 0 Å². The fourth-order valence-corrected chi connectivity index (χ4v) is 3.70. The van der Waals surface area contributed by atoms with Crippen molar-refractivity contribution in [1.82, 2.24) is 14.5 Å². The lowest BCUT2D eigenvalue weighted by Crippen LogP contribution is -2.11. The van der Waals surface area contributed by atoms with Crippen molar-refractivity contribution in [2.24, 2.45) is 0 Å². The number of imidazole rings is 1. The molecular weight excluding hydrogens is 370 g/mol. The average Bonchev–Trinajstić information content (AvgIpc) is 3.13. The quantitative estimate of drug-likeness (QED) is 0.308. The summed E-state index contributed by atoms with van der Waals surface area (Å²) in [7, 11) is 0. The van der Waals surface area contributed by atoms with E-state index in [1.807, 2.05) is 36.7 Å². The van der Waals surface area contributed by atoms with E-state index in [2.05, 4.69) is 25.3 Å². The number of aromatic nitrogens is 3. The summed E-state index contributed by atoms with van der Waals surface area (Å²) >= 11 is 5.78. The van der Waals surface area contributed by atoms with Gasteiger partial charge in [-0.25, -0.2) is 4.98 Å². The van der Waals surface area contributed by atoms with Gasteiger partial charge < -0.3 is 9.30 Å². The highest BCUT2D eigenvalue weighted by Crippen LogP contribution is 2.28. The first-order chi connectivity index (χ1) is 13.6. The molecule has 0 N–H and O–H groups in total. The van der Waals surface area contributed by atoms with E-state index in [0.717, 1.165) is 47.9 Å². The molecule has 0 aliphatic heterocycles. The van der Waals surface area contributed by atoms with Gasteiger partial charge in [-0.05, 0) is 44.4 Å². The van der Waals surface area contributed by atoms with Crippen molar-refractivity contribution >= 4 is 22.6 Å². The van der Waals surface area contributed by atoms with Crippen molar-refractivity contribution in [3.63, 3.8) is 0 Å². The number of pyridine rings is 1. The molecule has 1 atom stereocenters. The fourth-order valence-electron chi connectivity index (χ4n) is 3.51. The van der Waals surface area contributed by atoms with Crippen LogP contribution in [0.25, 0.3) is 11.0 Å². The van der Waals surface area contributed by atoms with Gasteiger partial charge in [-0.2, -0.15) is 0 Å². The number of halogens is 1. The molecule has 0 spiro atoms. The number of fused-ring (bicyclic) bond motifs is 1. The highest BCUT2D eigenvalue weighted by Gasteiger charge is 2.19. The maximum Gasteiger partial charge on any atom is 0.119 e. The first kappa shape index (κ1) is 20.7. The number of ether oxygens (including phenoxy) is 1. The van der Waals surface area contributed by atoms with Crippen molar-refractivity contribution in [2.45, 2.75) is 58.9 Å². The zero-order chi connectivity index (χ0) is 19.9. The van der Waals surface area contributed by atoms with Crippen molar-refractivity contribution < 1.29 is 4.74 Å². The van der Waals surface area contributed by atoms with Crippen molar-refractivity contribution in [3.05, 3.63) is 53.6 Å². The molecule has 0 amide bonds. The average molecular weight is 400 g/mol. The Hall–Kier alpha value is -2.07. The first-order valence-electron chi connectivity index (χ1n) is 10.2. The highest BCUT2D eigenvalue weighted by atomic mass is 35.5. The topological polar surface area (TPSA) is 39.9 Å². The zero-order valence-electron chi connectivity index (χ0n) is 17.1. The standard InChI is InChI=1S/C23H30ClN3O/c1-17(15-28-20-11-7-6-8-12-20)21-22-23(18(2)19(3)26-21)27(16-25-22)14-10-5-4-9-13-24/h6-8,11-12,16-17H,4-5,9-10,13-15H2,1-3H3. The molecule has 28 heavy (non-hydrogen) atoms. The number of para-hydroxylation sites is 1. The third-order valence-electron chi connectivity index (χ3n) is 5.26. The Kier molecular flexibility index (Phi) is 7.32. The molecule has 0 bridgehead atoms. The summed E-state index contributed by atoms with van der Waals surface area (Å²) in [5, 5.41) is 0. The van der Waals surface area contributed by atoms with Crippen LogP contribution in [0.1, 0.15) is 55.5 Å². The lowest BCUT2D eigenvalue weighted by Gasteiger charge is -2.16. The Labute approximate surface area is 172 Å². The van der Waals surface area contributed by atoms with Gasteiger partial charge in [0.1, 0.15) is 11.3 Å². The molecule has 4 nitrogen and oxygen atoms in total. The molecule has 3 aromatic rings. The third kappa shape index (κ3) is 4.85. The van der Waals surface area contributed by atoms with E-state index < -0.39 is 0 Å². The summed E-state index contributed by atoms with van der Waals surface area (Å²) in [5.74, 6) is 1.80. The van der Waals surface area contributed by atoms with Gasteiger partial charge in [0, 0.05) is 24.0 Å². The van der Waals surface area contributed by atoms with E-state index in [1.54, 1.807) is 0 Å². The minimum Gasteiger partial charge on any atom is -0.493 e. The molecule has 150 valence electrons. The fraction of sp³-hybridized carbons (Fsp3) is 0.478. The number of hydrogen-bond donors (Lipinski definition) is 0. The van der Waals surface area contributed by atoms with Gasteiger partial charge in [-0.1, -0.05) is 38.0 Å². The summed E-state index contributed by atoms with van der Waals surface area (Å²) in [6, 6.07) is 9.93. The second-order valence-corrected chi connectivity index (χ2v) is 7.85. The zero-order valence-corrected chi connectivity index (χ0v) is 17.9. The van der Waals surface area contributed by atoms with Crippen LogP contribution in [-0.2, 0) is 6.54 Å². The predicted molar refractivity (Wildman–Crippen MR) is 117 cm³/mol. The first-order valence-corrected chi connectivity index (χ1v) is 10.7. The molecule has 1 unspecified atom stereocenters. The molecule has 2 heterocycles. The van der Waals surface area contributed by atoms with E-state index in [4.69, 9.17) is 26.3 Å². The smallest absolute Gasteiger partial charge is 0.119 e. The number of benzene rings is 1. The van der Waals surface area contributed by atoms with E-state index in [0.29, 0.717) is 6.61 Å². The lowest BCUT2D eigenvalue weighted by molar-refractivity contribution is 0.294.